The molecule has 1 aliphatic rings. The van der Waals surface area contributed by atoms with Crippen molar-refractivity contribution in [3.63, 3.8) is 0 Å². The predicted molar refractivity (Wildman–Crippen MR) is 84.7 cm³/mol. The molecule has 0 unspecified atom stereocenters. The number of halogens is 1. The second-order valence-electron chi connectivity index (χ2n) is 5.57. The van der Waals surface area contributed by atoms with Crippen LogP contribution in [0.2, 0.25) is 5.15 Å². The zero-order valence-electron chi connectivity index (χ0n) is 12.0. The summed E-state index contributed by atoms with van der Waals surface area (Å²) in [6.45, 7) is 2.02. The highest BCUT2D eigenvalue weighted by Gasteiger charge is 2.20. The molecule has 3 rings (SSSR count). The van der Waals surface area contributed by atoms with Gasteiger partial charge in [-0.25, -0.2) is 4.98 Å². The van der Waals surface area contributed by atoms with Gasteiger partial charge in [-0.1, -0.05) is 35.9 Å². The summed E-state index contributed by atoms with van der Waals surface area (Å²) in [6.07, 6.45) is 1.95. The van der Waals surface area contributed by atoms with Crippen molar-refractivity contribution in [1.82, 2.24) is 15.2 Å². The number of amides is 1. The third-order valence-electron chi connectivity index (χ3n) is 3.98. The van der Waals surface area contributed by atoms with Gasteiger partial charge in [0.25, 0.3) is 5.91 Å². The summed E-state index contributed by atoms with van der Waals surface area (Å²) in [5, 5.41) is 5.24. The van der Waals surface area contributed by atoms with Crippen LogP contribution < -0.4 is 5.32 Å². The van der Waals surface area contributed by atoms with Crippen LogP contribution >= 0.6 is 11.6 Å². The summed E-state index contributed by atoms with van der Waals surface area (Å²) >= 11 is 6.17. The van der Waals surface area contributed by atoms with E-state index in [2.05, 4.69) is 22.2 Å². The molecule has 0 saturated carbocycles. The Bertz CT molecular complexity index is 666. The van der Waals surface area contributed by atoms with Crippen molar-refractivity contribution >= 4 is 28.3 Å². The lowest BCUT2D eigenvalue weighted by molar-refractivity contribution is 0.0912. The van der Waals surface area contributed by atoms with Crippen molar-refractivity contribution < 1.29 is 4.79 Å². The average Bonchev–Trinajstić information content (AvgIpc) is 2.49. The van der Waals surface area contributed by atoms with Crippen LogP contribution in [0.5, 0.6) is 0 Å². The molecule has 110 valence electrons. The Labute approximate surface area is 129 Å². The summed E-state index contributed by atoms with van der Waals surface area (Å²) in [7, 11) is 2.10. The molecule has 1 N–H and O–H groups in total. The third kappa shape index (κ3) is 3.17. The summed E-state index contributed by atoms with van der Waals surface area (Å²) in [5.74, 6) is -0.141. The normalized spacial score (nSPS) is 17.0. The van der Waals surface area contributed by atoms with Crippen molar-refractivity contribution in [2.24, 2.45) is 0 Å². The molecule has 1 amide bonds. The van der Waals surface area contributed by atoms with Crippen molar-refractivity contribution in [3.8, 4) is 0 Å². The molecule has 1 aliphatic heterocycles. The maximum absolute atomic E-state index is 12.3. The Morgan fingerprint density at radius 1 is 1.33 bits per heavy atom. The SMILES string of the molecule is CN1CCC(NC(=O)c2cc3ccccc3c(Cl)n2)CC1. The molecule has 0 radical (unpaired) electrons. The highest BCUT2D eigenvalue weighted by molar-refractivity contribution is 6.34. The average molecular weight is 304 g/mol. The number of aromatic nitrogens is 1. The summed E-state index contributed by atoms with van der Waals surface area (Å²) in [4.78, 5) is 18.8. The van der Waals surface area contributed by atoms with Gasteiger partial charge in [0.15, 0.2) is 0 Å². The van der Waals surface area contributed by atoms with Crippen molar-refractivity contribution in [1.29, 1.82) is 0 Å². The molecule has 5 heteroatoms. The smallest absolute Gasteiger partial charge is 0.270 e. The number of rotatable bonds is 2. The minimum atomic E-state index is -0.141. The third-order valence-corrected chi connectivity index (χ3v) is 4.27. The molecular formula is C16H18ClN3O. The van der Waals surface area contributed by atoms with Crippen LogP contribution in [0, 0.1) is 0 Å². The Kier molecular flexibility index (Phi) is 4.08. The lowest BCUT2D eigenvalue weighted by Crippen LogP contribution is -2.43. The Morgan fingerprint density at radius 3 is 2.81 bits per heavy atom. The minimum Gasteiger partial charge on any atom is -0.348 e. The number of pyridine rings is 1. The molecule has 1 aromatic heterocycles. The fraction of sp³-hybridized carbons (Fsp3) is 0.375. The maximum atomic E-state index is 12.3. The van der Waals surface area contributed by atoms with E-state index in [1.54, 1.807) is 6.07 Å². The first-order valence-electron chi connectivity index (χ1n) is 7.18. The van der Waals surface area contributed by atoms with E-state index in [0.717, 1.165) is 36.7 Å². The molecule has 4 nitrogen and oxygen atoms in total. The van der Waals surface area contributed by atoms with Crippen LogP contribution in [-0.4, -0.2) is 42.0 Å². The summed E-state index contributed by atoms with van der Waals surface area (Å²) < 4.78 is 0. The van der Waals surface area contributed by atoms with Crippen LogP contribution in [0.3, 0.4) is 0 Å². The number of hydrogen-bond acceptors (Lipinski definition) is 3. The number of nitrogens with one attached hydrogen (secondary N) is 1. The number of benzene rings is 1. The van der Waals surface area contributed by atoms with Crippen molar-refractivity contribution in [2.75, 3.05) is 20.1 Å². The van der Waals surface area contributed by atoms with Gasteiger partial charge in [0.2, 0.25) is 0 Å². The van der Waals surface area contributed by atoms with Gasteiger partial charge in [0.05, 0.1) is 0 Å². The Balaban J connectivity index is 1.78. The van der Waals surface area contributed by atoms with Crippen molar-refractivity contribution in [2.45, 2.75) is 18.9 Å². The van der Waals surface area contributed by atoms with Crippen LogP contribution in [0.1, 0.15) is 23.3 Å². The number of piperidine rings is 1. The molecule has 2 aromatic rings. The number of hydrogen-bond donors (Lipinski definition) is 1. The van der Waals surface area contributed by atoms with Crippen LogP contribution in [0.4, 0.5) is 0 Å². The van der Waals surface area contributed by atoms with E-state index < -0.39 is 0 Å². The largest absolute Gasteiger partial charge is 0.348 e. The number of fused-ring (bicyclic) bond motifs is 1. The number of nitrogens with zero attached hydrogens (tertiary/aromatic N) is 2. The summed E-state index contributed by atoms with van der Waals surface area (Å²) in [5.41, 5.74) is 0.387. The molecule has 21 heavy (non-hydrogen) atoms. The van der Waals surface area contributed by atoms with Gasteiger partial charge >= 0.3 is 0 Å². The zero-order valence-corrected chi connectivity index (χ0v) is 12.7. The standard InChI is InChI=1S/C16H18ClN3O/c1-20-8-6-12(7-9-20)18-16(21)14-10-11-4-2-3-5-13(11)15(17)19-14/h2-5,10,12H,6-9H2,1H3,(H,18,21). The Morgan fingerprint density at radius 2 is 2.05 bits per heavy atom. The molecule has 0 bridgehead atoms. The highest BCUT2D eigenvalue weighted by atomic mass is 35.5. The van der Waals surface area contributed by atoms with E-state index in [-0.39, 0.29) is 11.9 Å². The zero-order chi connectivity index (χ0) is 14.8. The number of carbonyl (C=O) groups is 1. The van der Waals surface area contributed by atoms with Gasteiger partial charge in [-0.15, -0.1) is 0 Å². The quantitative estimate of drug-likeness (QED) is 0.868. The van der Waals surface area contributed by atoms with Crippen LogP contribution in [-0.2, 0) is 0 Å². The fourth-order valence-electron chi connectivity index (χ4n) is 2.68. The molecule has 1 saturated heterocycles. The number of likely N-dealkylation sites (tertiary alicyclic amines) is 1. The molecule has 1 aromatic carbocycles. The lowest BCUT2D eigenvalue weighted by atomic mass is 10.1. The molecule has 0 atom stereocenters. The second-order valence-corrected chi connectivity index (χ2v) is 5.93. The van der Waals surface area contributed by atoms with E-state index >= 15 is 0 Å². The maximum Gasteiger partial charge on any atom is 0.270 e. The highest BCUT2D eigenvalue weighted by Crippen LogP contribution is 2.22. The van der Waals surface area contributed by atoms with E-state index in [1.807, 2.05) is 24.3 Å². The first kappa shape index (κ1) is 14.3. The van der Waals surface area contributed by atoms with Gasteiger partial charge in [-0.05, 0) is 44.4 Å². The molecule has 1 fully saturated rings. The lowest BCUT2D eigenvalue weighted by Gasteiger charge is -2.29. The van der Waals surface area contributed by atoms with Gasteiger partial charge < -0.3 is 10.2 Å². The van der Waals surface area contributed by atoms with Gasteiger partial charge in [0, 0.05) is 11.4 Å². The van der Waals surface area contributed by atoms with Crippen LogP contribution in [0.25, 0.3) is 10.8 Å². The molecule has 2 heterocycles. The van der Waals surface area contributed by atoms with Gasteiger partial charge in [-0.2, -0.15) is 0 Å². The van der Waals surface area contributed by atoms with E-state index in [9.17, 15) is 4.79 Å². The van der Waals surface area contributed by atoms with Gasteiger partial charge in [-0.3, -0.25) is 4.79 Å². The Hall–Kier alpha value is -1.65. The monoisotopic (exact) mass is 303 g/mol. The van der Waals surface area contributed by atoms with E-state index in [0.29, 0.717) is 10.8 Å². The van der Waals surface area contributed by atoms with E-state index in [1.165, 1.54) is 0 Å². The van der Waals surface area contributed by atoms with Gasteiger partial charge in [0.1, 0.15) is 10.8 Å². The van der Waals surface area contributed by atoms with Crippen LogP contribution in [0.15, 0.2) is 30.3 Å². The summed E-state index contributed by atoms with van der Waals surface area (Å²) in [6, 6.07) is 9.70. The first-order chi connectivity index (χ1) is 10.1. The number of carbonyl (C=O) groups excluding carboxylic acids is 1. The first-order valence-corrected chi connectivity index (χ1v) is 7.56. The fourth-order valence-corrected chi connectivity index (χ4v) is 2.95. The molecule has 0 aliphatic carbocycles. The van der Waals surface area contributed by atoms with Crippen molar-refractivity contribution in [3.05, 3.63) is 41.2 Å². The topological polar surface area (TPSA) is 45.2 Å². The second kappa shape index (κ2) is 6.00. The molecular weight excluding hydrogens is 286 g/mol. The van der Waals surface area contributed by atoms with E-state index in [4.69, 9.17) is 11.6 Å². The molecule has 0 spiro atoms. The predicted octanol–water partition coefficient (Wildman–Crippen LogP) is 2.71. The minimum absolute atomic E-state index is 0.141.